The molecule has 0 N–H and O–H groups in total. The van der Waals surface area contributed by atoms with Gasteiger partial charge < -0.3 is 9.64 Å². The van der Waals surface area contributed by atoms with Crippen molar-refractivity contribution >= 4 is 11.7 Å². The second kappa shape index (κ2) is 7.66. The van der Waals surface area contributed by atoms with Gasteiger partial charge in [-0.25, -0.2) is 9.48 Å². The van der Waals surface area contributed by atoms with Crippen LogP contribution in [0.4, 0.5) is 5.69 Å². The minimum absolute atomic E-state index is 0.350. The Kier molecular flexibility index (Phi) is 4.92. The van der Waals surface area contributed by atoms with E-state index in [0.717, 1.165) is 30.0 Å². The normalized spacial score (nSPS) is 14.2. The summed E-state index contributed by atoms with van der Waals surface area (Å²) in [6.45, 7) is 2.29. The molecule has 5 heteroatoms. The summed E-state index contributed by atoms with van der Waals surface area (Å²) in [5.41, 5.74) is 4.61. The number of hydrogen-bond donors (Lipinski definition) is 0. The van der Waals surface area contributed by atoms with Crippen LogP contribution in [0, 0.1) is 0 Å². The Balaban J connectivity index is 1.55. The number of ether oxygens (including phenoxy) is 1. The van der Waals surface area contributed by atoms with Gasteiger partial charge in [0.05, 0.1) is 24.1 Å². The van der Waals surface area contributed by atoms with Crippen LogP contribution in [-0.2, 0) is 4.74 Å². The average molecular weight is 361 g/mol. The minimum atomic E-state index is -0.350. The summed E-state index contributed by atoms with van der Waals surface area (Å²) >= 11 is 0. The van der Waals surface area contributed by atoms with Crippen LogP contribution < -0.4 is 4.90 Å². The van der Waals surface area contributed by atoms with E-state index in [4.69, 9.17) is 4.74 Å². The molecule has 0 radical (unpaired) electrons. The third-order valence-electron chi connectivity index (χ3n) is 5.01. The van der Waals surface area contributed by atoms with E-state index in [1.807, 2.05) is 24.4 Å². The molecule has 0 spiro atoms. The second-order valence-electron chi connectivity index (χ2n) is 6.78. The number of hydrogen-bond acceptors (Lipinski definition) is 4. The van der Waals surface area contributed by atoms with Gasteiger partial charge in [-0.3, -0.25) is 0 Å². The summed E-state index contributed by atoms with van der Waals surface area (Å²) in [7, 11) is 1.38. The van der Waals surface area contributed by atoms with Crippen molar-refractivity contribution in [2.24, 2.45) is 0 Å². The van der Waals surface area contributed by atoms with Gasteiger partial charge in [0.15, 0.2) is 0 Å². The van der Waals surface area contributed by atoms with Crippen molar-refractivity contribution in [1.82, 2.24) is 9.78 Å². The Morgan fingerprint density at radius 1 is 0.963 bits per heavy atom. The smallest absolute Gasteiger partial charge is 0.337 e. The maximum atomic E-state index is 11.7. The molecular weight excluding hydrogens is 338 g/mol. The van der Waals surface area contributed by atoms with Gasteiger partial charge in [0.25, 0.3) is 0 Å². The topological polar surface area (TPSA) is 47.4 Å². The first-order valence-electron chi connectivity index (χ1n) is 9.34. The Labute approximate surface area is 159 Å². The summed E-state index contributed by atoms with van der Waals surface area (Å²) in [6, 6.07) is 17.9. The first kappa shape index (κ1) is 17.3. The zero-order valence-corrected chi connectivity index (χ0v) is 15.5. The molecule has 1 saturated heterocycles. The Morgan fingerprint density at radius 3 is 2.48 bits per heavy atom. The van der Waals surface area contributed by atoms with Crippen molar-refractivity contribution < 1.29 is 9.53 Å². The first-order valence-corrected chi connectivity index (χ1v) is 9.34. The van der Waals surface area contributed by atoms with E-state index in [1.54, 1.807) is 16.8 Å². The number of methoxy groups -OCH3 is 1. The summed E-state index contributed by atoms with van der Waals surface area (Å²) in [6.07, 6.45) is 5.79. The first-order chi connectivity index (χ1) is 13.2. The van der Waals surface area contributed by atoms with Crippen LogP contribution >= 0.6 is 0 Å². The zero-order valence-electron chi connectivity index (χ0n) is 15.5. The van der Waals surface area contributed by atoms with Gasteiger partial charge in [0.1, 0.15) is 0 Å². The third kappa shape index (κ3) is 3.72. The fourth-order valence-electron chi connectivity index (χ4n) is 3.51. The molecule has 1 aromatic heterocycles. The van der Waals surface area contributed by atoms with Crippen LogP contribution in [0.3, 0.4) is 0 Å². The second-order valence-corrected chi connectivity index (χ2v) is 6.78. The molecule has 27 heavy (non-hydrogen) atoms. The van der Waals surface area contributed by atoms with Gasteiger partial charge in [-0.2, -0.15) is 5.10 Å². The van der Waals surface area contributed by atoms with Crippen LogP contribution in [0.2, 0.25) is 0 Å². The zero-order chi connectivity index (χ0) is 18.6. The van der Waals surface area contributed by atoms with E-state index in [-0.39, 0.29) is 5.97 Å². The molecule has 0 amide bonds. The van der Waals surface area contributed by atoms with Gasteiger partial charge in [-0.05, 0) is 55.7 Å². The number of aromatic nitrogens is 2. The van der Waals surface area contributed by atoms with Crippen molar-refractivity contribution in [3.63, 3.8) is 0 Å². The van der Waals surface area contributed by atoms with Crippen LogP contribution in [0.15, 0.2) is 60.8 Å². The summed E-state index contributed by atoms with van der Waals surface area (Å²) in [5.74, 6) is -0.350. The lowest BCUT2D eigenvalue weighted by Gasteiger charge is -2.28. The van der Waals surface area contributed by atoms with Gasteiger partial charge in [-0.15, -0.1) is 0 Å². The summed E-state index contributed by atoms with van der Waals surface area (Å²) in [5, 5.41) is 4.67. The third-order valence-corrected chi connectivity index (χ3v) is 5.01. The van der Waals surface area contributed by atoms with E-state index in [1.165, 1.54) is 32.1 Å². The molecule has 0 aliphatic carbocycles. The van der Waals surface area contributed by atoms with Crippen LogP contribution in [-0.4, -0.2) is 35.9 Å². The Hall–Kier alpha value is -3.08. The lowest BCUT2D eigenvalue weighted by Crippen LogP contribution is -2.29. The highest BCUT2D eigenvalue weighted by atomic mass is 16.5. The molecule has 138 valence electrons. The van der Waals surface area contributed by atoms with Crippen molar-refractivity contribution in [3.05, 3.63) is 66.4 Å². The number of rotatable bonds is 4. The van der Waals surface area contributed by atoms with E-state index >= 15 is 0 Å². The van der Waals surface area contributed by atoms with Crippen LogP contribution in [0.25, 0.3) is 16.9 Å². The minimum Gasteiger partial charge on any atom is -0.465 e. The van der Waals surface area contributed by atoms with Gasteiger partial charge in [0, 0.05) is 30.5 Å². The maximum absolute atomic E-state index is 11.7. The predicted molar refractivity (Wildman–Crippen MR) is 106 cm³/mol. The number of benzene rings is 2. The fourth-order valence-corrected chi connectivity index (χ4v) is 3.51. The number of esters is 1. The van der Waals surface area contributed by atoms with Gasteiger partial charge in [-0.1, -0.05) is 18.2 Å². The quantitative estimate of drug-likeness (QED) is 0.650. The van der Waals surface area contributed by atoms with Crippen molar-refractivity contribution in [2.45, 2.75) is 19.3 Å². The van der Waals surface area contributed by atoms with Crippen molar-refractivity contribution in [1.29, 1.82) is 0 Å². The number of anilines is 1. The summed E-state index contributed by atoms with van der Waals surface area (Å²) < 4.78 is 6.57. The predicted octanol–water partition coefficient (Wildman–Crippen LogP) is 4.32. The van der Waals surface area contributed by atoms with Crippen LogP contribution in [0.5, 0.6) is 0 Å². The van der Waals surface area contributed by atoms with Crippen LogP contribution in [0.1, 0.15) is 29.6 Å². The lowest BCUT2D eigenvalue weighted by atomic mass is 10.1. The highest BCUT2D eigenvalue weighted by Gasteiger charge is 2.12. The van der Waals surface area contributed by atoms with E-state index in [9.17, 15) is 4.79 Å². The van der Waals surface area contributed by atoms with E-state index in [0.29, 0.717) is 5.56 Å². The number of carbonyl (C=O) groups is 1. The standard InChI is InChI=1S/C22H23N3O2/c1-27-22(26)18-6-5-7-20(16-18)25-15-12-21(23-25)17-8-10-19(11-9-17)24-13-3-2-4-14-24/h5-12,15-16H,2-4,13-14H2,1H3. The van der Waals surface area contributed by atoms with Crippen molar-refractivity contribution in [2.75, 3.05) is 25.1 Å². The highest BCUT2D eigenvalue weighted by Crippen LogP contribution is 2.25. The molecule has 1 aliphatic rings. The number of piperidine rings is 1. The lowest BCUT2D eigenvalue weighted by molar-refractivity contribution is 0.0600. The molecule has 0 bridgehead atoms. The molecule has 0 unspecified atom stereocenters. The monoisotopic (exact) mass is 361 g/mol. The highest BCUT2D eigenvalue weighted by molar-refractivity contribution is 5.89. The SMILES string of the molecule is COC(=O)c1cccc(-n2ccc(-c3ccc(N4CCCCC4)cc3)n2)c1. The van der Waals surface area contributed by atoms with E-state index < -0.39 is 0 Å². The Morgan fingerprint density at radius 2 is 1.74 bits per heavy atom. The van der Waals surface area contributed by atoms with E-state index in [2.05, 4.69) is 34.3 Å². The average Bonchev–Trinajstić information content (AvgIpc) is 3.24. The number of nitrogens with zero attached hydrogens (tertiary/aromatic N) is 3. The molecule has 5 nitrogen and oxygen atoms in total. The fraction of sp³-hybridized carbons (Fsp3) is 0.273. The molecule has 3 aromatic rings. The van der Waals surface area contributed by atoms with Crippen molar-refractivity contribution in [3.8, 4) is 16.9 Å². The molecule has 0 atom stereocenters. The molecular formula is C22H23N3O2. The molecule has 1 fully saturated rings. The molecule has 2 heterocycles. The molecule has 0 saturated carbocycles. The number of carbonyl (C=O) groups excluding carboxylic acids is 1. The summed E-state index contributed by atoms with van der Waals surface area (Å²) in [4.78, 5) is 14.2. The maximum Gasteiger partial charge on any atom is 0.337 e. The molecule has 4 rings (SSSR count). The molecule has 1 aliphatic heterocycles. The van der Waals surface area contributed by atoms with Gasteiger partial charge in [0.2, 0.25) is 0 Å². The largest absolute Gasteiger partial charge is 0.465 e. The molecule has 2 aromatic carbocycles. The Bertz CT molecular complexity index is 925. The van der Waals surface area contributed by atoms with Gasteiger partial charge >= 0.3 is 5.97 Å².